The maximum absolute atomic E-state index is 11.6. The van der Waals surface area contributed by atoms with Gasteiger partial charge < -0.3 is 0 Å². The van der Waals surface area contributed by atoms with Crippen molar-refractivity contribution in [2.45, 2.75) is 38.5 Å². The molecule has 80 valence electrons. The van der Waals surface area contributed by atoms with Crippen LogP contribution in [0, 0.1) is 5.92 Å². The van der Waals surface area contributed by atoms with E-state index in [1.54, 1.807) is 6.92 Å². The predicted octanol–water partition coefficient (Wildman–Crippen LogP) is 3.55. The van der Waals surface area contributed by atoms with Crippen LogP contribution in [0.25, 0.3) is 0 Å². The fraction of sp³-hybridized carbons (Fsp3) is 0.500. The number of ketones is 1. The number of hydrogen-bond acceptors (Lipinski definition) is 1. The van der Waals surface area contributed by atoms with Crippen molar-refractivity contribution in [1.82, 2.24) is 0 Å². The average Bonchev–Trinajstić information content (AvgIpc) is 2.30. The van der Waals surface area contributed by atoms with Gasteiger partial charge in [-0.2, -0.15) is 0 Å². The minimum atomic E-state index is 0.265. The van der Waals surface area contributed by atoms with Crippen LogP contribution >= 0.6 is 0 Å². The highest BCUT2D eigenvalue weighted by atomic mass is 16.1. The summed E-state index contributed by atoms with van der Waals surface area (Å²) in [7, 11) is 0. The van der Waals surface area contributed by atoms with Crippen LogP contribution in [-0.4, -0.2) is 5.78 Å². The molecule has 0 radical (unpaired) electrons. The fourth-order valence-electron chi connectivity index (χ4n) is 2.72. The van der Waals surface area contributed by atoms with Crippen molar-refractivity contribution >= 4 is 5.78 Å². The largest absolute Gasteiger partial charge is 0.300 e. The number of hydrogen-bond donors (Lipinski definition) is 0. The average molecular weight is 202 g/mol. The van der Waals surface area contributed by atoms with Gasteiger partial charge in [0.2, 0.25) is 0 Å². The molecule has 0 heterocycles. The molecule has 15 heavy (non-hydrogen) atoms. The van der Waals surface area contributed by atoms with E-state index in [2.05, 4.69) is 24.3 Å². The van der Waals surface area contributed by atoms with Gasteiger partial charge in [0.05, 0.1) is 0 Å². The molecule has 1 aliphatic rings. The smallest absolute Gasteiger partial charge is 0.133 e. The summed E-state index contributed by atoms with van der Waals surface area (Å²) in [5.74, 6) is 1.10. The zero-order valence-corrected chi connectivity index (χ0v) is 9.28. The molecule has 1 aliphatic carbocycles. The van der Waals surface area contributed by atoms with Crippen LogP contribution in [0.3, 0.4) is 0 Å². The Labute approximate surface area is 91.5 Å². The van der Waals surface area contributed by atoms with Crippen LogP contribution in [-0.2, 0) is 4.79 Å². The molecule has 0 aromatic heterocycles. The summed E-state index contributed by atoms with van der Waals surface area (Å²) in [6, 6.07) is 10.5. The van der Waals surface area contributed by atoms with E-state index in [0.29, 0.717) is 11.7 Å². The van der Waals surface area contributed by atoms with Gasteiger partial charge in [-0.3, -0.25) is 4.79 Å². The summed E-state index contributed by atoms with van der Waals surface area (Å²) < 4.78 is 0. The molecule has 0 saturated heterocycles. The van der Waals surface area contributed by atoms with Crippen LogP contribution in [0.5, 0.6) is 0 Å². The Morgan fingerprint density at radius 3 is 2.47 bits per heavy atom. The highest BCUT2D eigenvalue weighted by Gasteiger charge is 2.29. The molecule has 1 aromatic carbocycles. The number of carbonyl (C=O) groups is 1. The summed E-state index contributed by atoms with van der Waals surface area (Å²) in [5, 5.41) is 0. The molecule has 1 heteroatoms. The van der Waals surface area contributed by atoms with E-state index in [9.17, 15) is 4.79 Å². The van der Waals surface area contributed by atoms with Crippen molar-refractivity contribution in [3.8, 4) is 0 Å². The third-order valence-electron chi connectivity index (χ3n) is 3.52. The Bertz CT molecular complexity index is 328. The predicted molar refractivity (Wildman–Crippen MR) is 61.8 cm³/mol. The van der Waals surface area contributed by atoms with Crippen LogP contribution in [0.4, 0.5) is 0 Å². The molecule has 0 bridgehead atoms. The lowest BCUT2D eigenvalue weighted by atomic mass is 9.74. The second kappa shape index (κ2) is 4.61. The maximum Gasteiger partial charge on any atom is 0.133 e. The first-order valence-electron chi connectivity index (χ1n) is 5.84. The molecule has 1 nitrogen and oxygen atoms in total. The lowest BCUT2D eigenvalue weighted by Gasteiger charge is -2.30. The topological polar surface area (TPSA) is 17.1 Å². The molecule has 1 aromatic rings. The molecule has 0 aliphatic heterocycles. The summed E-state index contributed by atoms with van der Waals surface area (Å²) in [4.78, 5) is 11.6. The van der Waals surface area contributed by atoms with Crippen LogP contribution in [0.15, 0.2) is 30.3 Å². The van der Waals surface area contributed by atoms with Gasteiger partial charge in [0.25, 0.3) is 0 Å². The van der Waals surface area contributed by atoms with Crippen molar-refractivity contribution in [3.63, 3.8) is 0 Å². The highest BCUT2D eigenvalue weighted by Crippen LogP contribution is 2.37. The quantitative estimate of drug-likeness (QED) is 0.716. The Kier molecular flexibility index (Phi) is 3.20. The van der Waals surface area contributed by atoms with Gasteiger partial charge in [-0.15, -0.1) is 0 Å². The van der Waals surface area contributed by atoms with Gasteiger partial charge in [-0.05, 0) is 31.2 Å². The van der Waals surface area contributed by atoms with E-state index >= 15 is 0 Å². The third-order valence-corrected chi connectivity index (χ3v) is 3.52. The number of rotatable bonds is 2. The van der Waals surface area contributed by atoms with Gasteiger partial charge in [0.1, 0.15) is 5.78 Å². The zero-order chi connectivity index (χ0) is 10.7. The molecule has 2 rings (SSSR count). The Morgan fingerprint density at radius 2 is 1.80 bits per heavy atom. The van der Waals surface area contributed by atoms with Crippen molar-refractivity contribution in [3.05, 3.63) is 35.9 Å². The molecule has 0 unspecified atom stereocenters. The van der Waals surface area contributed by atoms with Gasteiger partial charge in [0.15, 0.2) is 0 Å². The first-order valence-corrected chi connectivity index (χ1v) is 5.84. The van der Waals surface area contributed by atoms with Crippen LogP contribution in [0.2, 0.25) is 0 Å². The van der Waals surface area contributed by atoms with E-state index < -0.39 is 0 Å². The first-order chi connectivity index (χ1) is 7.29. The molecule has 1 saturated carbocycles. The normalized spacial score (nSPS) is 26.2. The van der Waals surface area contributed by atoms with Crippen LogP contribution in [0.1, 0.15) is 44.1 Å². The summed E-state index contributed by atoms with van der Waals surface area (Å²) >= 11 is 0. The van der Waals surface area contributed by atoms with Crippen LogP contribution < -0.4 is 0 Å². The summed E-state index contributed by atoms with van der Waals surface area (Å²) in [6.07, 6.45) is 4.74. The minimum absolute atomic E-state index is 0.265. The van der Waals surface area contributed by atoms with Gasteiger partial charge in [-0.1, -0.05) is 43.2 Å². The minimum Gasteiger partial charge on any atom is -0.300 e. The Morgan fingerprint density at radius 1 is 1.13 bits per heavy atom. The standard InChI is InChI=1S/C14H18O/c1-11(15)13-9-5-6-10-14(13)12-7-3-2-4-8-12/h2-4,7-8,13-14H,5-6,9-10H2,1H3/t13-,14-/m1/s1. The monoisotopic (exact) mass is 202 g/mol. The van der Waals surface area contributed by atoms with Gasteiger partial charge >= 0.3 is 0 Å². The van der Waals surface area contributed by atoms with E-state index in [4.69, 9.17) is 0 Å². The maximum atomic E-state index is 11.6. The SMILES string of the molecule is CC(=O)[C@H]1CCCC[C@@H]1c1ccccc1. The van der Waals surface area contributed by atoms with Crippen molar-refractivity contribution in [2.24, 2.45) is 5.92 Å². The van der Waals surface area contributed by atoms with E-state index in [1.165, 1.54) is 24.8 Å². The summed E-state index contributed by atoms with van der Waals surface area (Å²) in [5.41, 5.74) is 1.34. The number of carbonyl (C=O) groups excluding carboxylic acids is 1. The molecule has 1 fully saturated rings. The van der Waals surface area contributed by atoms with E-state index in [0.717, 1.165) is 6.42 Å². The van der Waals surface area contributed by atoms with Gasteiger partial charge in [0, 0.05) is 5.92 Å². The molecular weight excluding hydrogens is 184 g/mol. The first kappa shape index (κ1) is 10.4. The third kappa shape index (κ3) is 2.28. The Balaban J connectivity index is 2.22. The lowest BCUT2D eigenvalue weighted by molar-refractivity contribution is -0.122. The molecular formula is C14H18O. The van der Waals surface area contributed by atoms with Crippen molar-refractivity contribution in [1.29, 1.82) is 0 Å². The highest BCUT2D eigenvalue weighted by molar-refractivity contribution is 5.79. The van der Waals surface area contributed by atoms with Gasteiger partial charge in [-0.25, -0.2) is 0 Å². The second-order valence-electron chi connectivity index (χ2n) is 4.52. The Hall–Kier alpha value is -1.11. The van der Waals surface area contributed by atoms with E-state index in [-0.39, 0.29) is 5.92 Å². The van der Waals surface area contributed by atoms with E-state index in [1.807, 2.05) is 6.07 Å². The lowest BCUT2D eigenvalue weighted by Crippen LogP contribution is -2.23. The zero-order valence-electron chi connectivity index (χ0n) is 9.28. The van der Waals surface area contributed by atoms with Crippen molar-refractivity contribution < 1.29 is 4.79 Å². The molecule has 0 N–H and O–H groups in total. The second-order valence-corrected chi connectivity index (χ2v) is 4.52. The molecule has 0 amide bonds. The fourth-order valence-corrected chi connectivity index (χ4v) is 2.72. The molecule has 0 spiro atoms. The van der Waals surface area contributed by atoms with Crippen molar-refractivity contribution in [2.75, 3.05) is 0 Å². The number of Topliss-reactive ketones (excluding diaryl/α,β-unsaturated/α-hetero) is 1. The number of benzene rings is 1. The summed E-state index contributed by atoms with van der Waals surface area (Å²) in [6.45, 7) is 1.74. The molecule has 2 atom stereocenters.